The van der Waals surface area contributed by atoms with Gasteiger partial charge in [0.05, 0.1) is 0 Å². The van der Waals surface area contributed by atoms with Crippen LogP contribution in [0.2, 0.25) is 0 Å². The van der Waals surface area contributed by atoms with Crippen LogP contribution in [0.4, 0.5) is 17.1 Å². The van der Waals surface area contributed by atoms with Crippen LogP contribution < -0.4 is 14.4 Å². The first-order valence-corrected chi connectivity index (χ1v) is 20.1. The topological polar surface area (TPSA) is 34.8 Å². The molecule has 2 atom stereocenters. The molecule has 276 valence electrons. The Hall–Kier alpha value is -7.30. The standard InChI is InChI=1S/C54H37NO3/c1-2-15-35(16-3-1)55(37-28-29-46-45-24-10-11-26-49(45)56-51(46)31-37)36-17-12-14-34(30-36)38-25-13-27-50-54(38)58-53-33-48-44-23-9-7-21-42(44)40-19-5-4-18-39(40)41-20-6-8-22-43(41)47(48)32-52(53)57-50/h1-4,6-18,20-33,47-48H,5,19H2. The average Bonchev–Trinajstić information content (AvgIpc) is 3.66. The van der Waals surface area contributed by atoms with Crippen LogP contribution in [-0.2, 0) is 0 Å². The van der Waals surface area contributed by atoms with Crippen molar-refractivity contribution in [1.82, 2.24) is 0 Å². The van der Waals surface area contributed by atoms with Gasteiger partial charge in [0.15, 0.2) is 23.0 Å². The molecule has 8 aromatic rings. The van der Waals surface area contributed by atoms with E-state index < -0.39 is 0 Å². The minimum Gasteiger partial charge on any atom is -0.456 e. The van der Waals surface area contributed by atoms with Gasteiger partial charge in [-0.25, -0.2) is 0 Å². The van der Waals surface area contributed by atoms with Crippen molar-refractivity contribution in [2.45, 2.75) is 24.7 Å². The summed E-state index contributed by atoms with van der Waals surface area (Å²) >= 11 is 0. The molecule has 0 bridgehead atoms. The fourth-order valence-corrected chi connectivity index (χ4v) is 9.57. The van der Waals surface area contributed by atoms with Crippen molar-refractivity contribution >= 4 is 50.1 Å². The Labute approximate surface area is 336 Å². The minimum absolute atomic E-state index is 0.0696. The molecule has 4 aliphatic rings. The average molecular weight is 748 g/mol. The lowest BCUT2D eigenvalue weighted by atomic mass is 9.70. The van der Waals surface area contributed by atoms with Gasteiger partial charge in [0.1, 0.15) is 11.2 Å². The van der Waals surface area contributed by atoms with Crippen molar-refractivity contribution in [2.75, 3.05) is 4.90 Å². The Kier molecular flexibility index (Phi) is 7.45. The monoisotopic (exact) mass is 747 g/mol. The lowest BCUT2D eigenvalue weighted by Gasteiger charge is -2.36. The number of hydrogen-bond donors (Lipinski definition) is 0. The van der Waals surface area contributed by atoms with Crippen LogP contribution in [0, 0.1) is 0 Å². The highest BCUT2D eigenvalue weighted by Gasteiger charge is 2.37. The molecule has 0 saturated heterocycles. The summed E-state index contributed by atoms with van der Waals surface area (Å²) < 4.78 is 20.2. The van der Waals surface area contributed by atoms with E-state index in [1.54, 1.807) is 0 Å². The molecule has 1 aromatic heterocycles. The van der Waals surface area contributed by atoms with Crippen LogP contribution in [0.1, 0.15) is 46.9 Å². The number of hydrogen-bond acceptors (Lipinski definition) is 4. The van der Waals surface area contributed by atoms with Crippen molar-refractivity contribution in [3.05, 3.63) is 222 Å². The summed E-state index contributed by atoms with van der Waals surface area (Å²) in [4.78, 5) is 2.28. The van der Waals surface area contributed by atoms with E-state index in [0.29, 0.717) is 5.75 Å². The SMILES string of the molecule is C1=CC2=C(CC1)c1ccccc1C1C=C3Oc4c(cccc4-c4cccc(N(c5ccccc5)c5ccc6c(c5)oc5ccccc56)c4)OC3=CC1c1ccccc12. The molecular formula is C54H37NO3. The molecule has 58 heavy (non-hydrogen) atoms. The molecule has 4 heteroatoms. The predicted octanol–water partition coefficient (Wildman–Crippen LogP) is 14.4. The van der Waals surface area contributed by atoms with Gasteiger partial charge in [-0.2, -0.15) is 0 Å². The molecule has 0 N–H and O–H groups in total. The summed E-state index contributed by atoms with van der Waals surface area (Å²) in [6.07, 6.45) is 11.3. The molecule has 2 unspecified atom stereocenters. The van der Waals surface area contributed by atoms with E-state index in [0.717, 1.165) is 80.2 Å². The molecule has 12 rings (SSSR count). The first-order chi connectivity index (χ1) is 28.7. The van der Waals surface area contributed by atoms with Crippen LogP contribution >= 0.6 is 0 Å². The first-order valence-electron chi connectivity index (χ1n) is 20.1. The summed E-state index contributed by atoms with van der Waals surface area (Å²) in [6.45, 7) is 0. The van der Waals surface area contributed by atoms with E-state index in [-0.39, 0.29) is 11.8 Å². The third kappa shape index (κ3) is 5.22. The Morgan fingerprint density at radius 2 is 1.17 bits per heavy atom. The van der Waals surface area contributed by atoms with E-state index in [4.69, 9.17) is 13.9 Å². The number of furan rings is 1. The van der Waals surface area contributed by atoms with E-state index in [1.165, 1.54) is 33.4 Å². The third-order valence-corrected chi connectivity index (χ3v) is 12.2. The van der Waals surface area contributed by atoms with Crippen molar-refractivity contribution in [2.24, 2.45) is 0 Å². The number of allylic oxidation sites excluding steroid dienone is 6. The molecule has 1 aliphatic heterocycles. The Balaban J connectivity index is 0.960. The van der Waals surface area contributed by atoms with Crippen molar-refractivity contribution < 1.29 is 13.9 Å². The largest absolute Gasteiger partial charge is 0.456 e. The summed E-state index contributed by atoms with van der Waals surface area (Å²) in [5.74, 6) is 3.09. The zero-order valence-electron chi connectivity index (χ0n) is 31.6. The van der Waals surface area contributed by atoms with Gasteiger partial charge < -0.3 is 18.8 Å². The smallest absolute Gasteiger partial charge is 0.177 e. The highest BCUT2D eigenvalue weighted by atomic mass is 16.6. The van der Waals surface area contributed by atoms with Crippen LogP contribution in [0.3, 0.4) is 0 Å². The van der Waals surface area contributed by atoms with Gasteiger partial charge in [-0.15, -0.1) is 0 Å². The van der Waals surface area contributed by atoms with Crippen molar-refractivity contribution in [1.29, 1.82) is 0 Å². The molecule has 0 amide bonds. The van der Waals surface area contributed by atoms with Gasteiger partial charge in [-0.3, -0.25) is 0 Å². The van der Waals surface area contributed by atoms with Crippen molar-refractivity contribution in [3.63, 3.8) is 0 Å². The second-order valence-electron chi connectivity index (χ2n) is 15.5. The third-order valence-electron chi connectivity index (χ3n) is 12.2. The second-order valence-corrected chi connectivity index (χ2v) is 15.5. The molecule has 0 saturated carbocycles. The van der Waals surface area contributed by atoms with E-state index in [2.05, 4.69) is 175 Å². The molecule has 4 nitrogen and oxygen atoms in total. The molecule has 0 radical (unpaired) electrons. The predicted molar refractivity (Wildman–Crippen MR) is 235 cm³/mol. The van der Waals surface area contributed by atoms with E-state index in [1.807, 2.05) is 18.2 Å². The van der Waals surface area contributed by atoms with Crippen LogP contribution in [0.5, 0.6) is 11.5 Å². The molecule has 0 spiro atoms. The summed E-state index contributed by atoms with van der Waals surface area (Å²) in [7, 11) is 0. The zero-order chi connectivity index (χ0) is 38.2. The summed E-state index contributed by atoms with van der Waals surface area (Å²) in [5, 5.41) is 2.22. The van der Waals surface area contributed by atoms with Crippen LogP contribution in [-0.4, -0.2) is 0 Å². The highest BCUT2D eigenvalue weighted by Crippen LogP contribution is 2.53. The van der Waals surface area contributed by atoms with Crippen LogP contribution in [0.25, 0.3) is 44.2 Å². The Bertz CT molecular complexity index is 3090. The van der Waals surface area contributed by atoms with Gasteiger partial charge in [0, 0.05) is 51.3 Å². The molecule has 2 heterocycles. The van der Waals surface area contributed by atoms with Gasteiger partial charge in [-0.05, 0) is 112 Å². The van der Waals surface area contributed by atoms with Gasteiger partial charge in [0.2, 0.25) is 0 Å². The normalized spacial score (nSPS) is 17.5. The zero-order valence-corrected chi connectivity index (χ0v) is 31.6. The summed E-state index contributed by atoms with van der Waals surface area (Å²) in [5.41, 5.74) is 14.8. The number of ether oxygens (including phenoxy) is 2. The maximum atomic E-state index is 7.02. The number of anilines is 3. The van der Waals surface area contributed by atoms with Gasteiger partial charge >= 0.3 is 0 Å². The number of para-hydroxylation sites is 3. The minimum atomic E-state index is 0.0696. The highest BCUT2D eigenvalue weighted by molar-refractivity contribution is 6.06. The molecule has 7 aromatic carbocycles. The van der Waals surface area contributed by atoms with Gasteiger partial charge in [-0.1, -0.05) is 121 Å². The van der Waals surface area contributed by atoms with E-state index in [9.17, 15) is 0 Å². The lowest BCUT2D eigenvalue weighted by Crippen LogP contribution is -2.23. The molecule has 3 aliphatic carbocycles. The molecular weight excluding hydrogens is 711 g/mol. The quantitative estimate of drug-likeness (QED) is 0.180. The maximum absolute atomic E-state index is 7.02. The first kappa shape index (κ1) is 32.9. The van der Waals surface area contributed by atoms with Crippen LogP contribution in [0.15, 0.2) is 204 Å². The Morgan fingerprint density at radius 3 is 2.05 bits per heavy atom. The number of benzene rings is 7. The fraction of sp³-hybridized carbons (Fsp3) is 0.0741. The maximum Gasteiger partial charge on any atom is 0.177 e. The number of nitrogens with zero attached hydrogens (tertiary/aromatic N) is 1. The van der Waals surface area contributed by atoms with E-state index >= 15 is 0 Å². The number of rotatable bonds is 4. The lowest BCUT2D eigenvalue weighted by molar-refractivity contribution is 0.285. The second kappa shape index (κ2) is 13.1. The fourth-order valence-electron chi connectivity index (χ4n) is 9.57. The Morgan fingerprint density at radius 1 is 0.500 bits per heavy atom. The van der Waals surface area contributed by atoms with Gasteiger partial charge in [0.25, 0.3) is 0 Å². The summed E-state index contributed by atoms with van der Waals surface area (Å²) in [6, 6.07) is 57.9. The number of fused-ring (bicyclic) bond motifs is 12. The van der Waals surface area contributed by atoms with Crippen molar-refractivity contribution in [3.8, 4) is 22.6 Å². The molecule has 0 fully saturated rings.